The molecule has 1 aromatic rings. The first kappa shape index (κ1) is 39.3. The van der Waals surface area contributed by atoms with E-state index in [2.05, 4.69) is 77.6 Å². The third-order valence-electron chi connectivity index (χ3n) is 13.1. The molecule has 0 aromatic heterocycles. The molecule has 4 unspecified atom stereocenters. The van der Waals surface area contributed by atoms with Crippen LogP contribution in [0.1, 0.15) is 132 Å². The Morgan fingerprint density at radius 1 is 0.865 bits per heavy atom. The Morgan fingerprint density at radius 3 is 2.04 bits per heavy atom. The number of hydrogen-bond donors (Lipinski definition) is 2. The highest BCUT2D eigenvalue weighted by atomic mass is 16.3. The summed E-state index contributed by atoms with van der Waals surface area (Å²) in [5.74, 6) is -1.08. The number of Topliss-reactive ketones (excluding diaryl/α,β-unsaturated/α-hetero) is 1. The number of nitrogens with zero attached hydrogens (tertiary/aromatic N) is 3. The third-order valence-corrected chi connectivity index (χ3v) is 13.1. The van der Waals surface area contributed by atoms with E-state index in [9.17, 15) is 19.5 Å². The molecule has 282 valence electrons. The van der Waals surface area contributed by atoms with Gasteiger partial charge in [-0.3, -0.25) is 14.4 Å². The van der Waals surface area contributed by atoms with Gasteiger partial charge in [0.05, 0.1) is 22.5 Å². The summed E-state index contributed by atoms with van der Waals surface area (Å²) in [5.41, 5.74) is 5.88. The Hall–Kier alpha value is -3.94. The van der Waals surface area contributed by atoms with E-state index < -0.39 is 0 Å². The molecule has 0 bridgehead atoms. The lowest BCUT2D eigenvalue weighted by Crippen LogP contribution is -2.36. The van der Waals surface area contributed by atoms with Crippen molar-refractivity contribution in [3.05, 3.63) is 63.6 Å². The summed E-state index contributed by atoms with van der Waals surface area (Å²) in [6.07, 6.45) is 10.7. The number of amides is 2. The molecular formula is C44H62N4O4. The number of fused-ring (bicyclic) bond motifs is 2. The minimum atomic E-state index is -0.317. The maximum Gasteiger partial charge on any atom is 0.249 e. The maximum absolute atomic E-state index is 14.6. The van der Waals surface area contributed by atoms with Gasteiger partial charge in [0.2, 0.25) is 17.6 Å². The summed E-state index contributed by atoms with van der Waals surface area (Å²) < 4.78 is 0. The Labute approximate surface area is 312 Å². The summed E-state index contributed by atoms with van der Waals surface area (Å²) in [6, 6.07) is 4.32. The average Bonchev–Trinajstić information content (AvgIpc) is 3.37. The molecule has 0 radical (unpaired) electrons. The summed E-state index contributed by atoms with van der Waals surface area (Å²) in [4.78, 5) is 51.1. The summed E-state index contributed by atoms with van der Waals surface area (Å²) in [5, 5.41) is 15.2. The number of ketones is 1. The van der Waals surface area contributed by atoms with Crippen LogP contribution in [-0.4, -0.2) is 59.5 Å². The Balaban J connectivity index is 1.70. The normalized spacial score (nSPS) is 25.1. The highest BCUT2D eigenvalue weighted by Crippen LogP contribution is 2.52. The number of rotatable bonds is 12. The molecule has 2 N–H and O–H groups in total. The van der Waals surface area contributed by atoms with Gasteiger partial charge in [0.15, 0.2) is 0 Å². The first-order valence-corrected chi connectivity index (χ1v) is 19.7. The summed E-state index contributed by atoms with van der Waals surface area (Å²) >= 11 is 0. The van der Waals surface area contributed by atoms with Gasteiger partial charge < -0.3 is 20.2 Å². The number of carbonyl (C=O) groups is 3. The number of nitrogens with one attached hydrogen (secondary N) is 1. The number of likely N-dealkylation sites (tertiary alicyclic amines) is 1. The topological polar surface area (TPSA) is 102 Å². The van der Waals surface area contributed by atoms with E-state index in [0.29, 0.717) is 35.4 Å². The fourth-order valence-electron chi connectivity index (χ4n) is 8.49. The number of aliphatic hydroxyl groups is 1. The number of aliphatic imine (C=N–C) groups is 1. The fourth-order valence-corrected chi connectivity index (χ4v) is 8.49. The monoisotopic (exact) mass is 710 g/mol. The van der Waals surface area contributed by atoms with E-state index in [0.717, 1.165) is 61.0 Å². The second kappa shape index (κ2) is 14.8. The molecule has 2 aliphatic carbocycles. The van der Waals surface area contributed by atoms with Gasteiger partial charge in [0, 0.05) is 71.4 Å². The van der Waals surface area contributed by atoms with Crippen molar-refractivity contribution in [3.8, 4) is 0 Å². The lowest BCUT2D eigenvalue weighted by atomic mass is 9.73. The van der Waals surface area contributed by atoms with Crippen LogP contribution in [0.4, 0.5) is 11.4 Å². The van der Waals surface area contributed by atoms with Gasteiger partial charge in [0.25, 0.3) is 0 Å². The molecule has 4 aliphatic rings. The van der Waals surface area contributed by atoms with Crippen LogP contribution < -0.4 is 10.2 Å². The number of carbonyl (C=O) groups excluding carboxylic acids is 3. The van der Waals surface area contributed by atoms with Gasteiger partial charge in [-0.2, -0.15) is 0 Å². The van der Waals surface area contributed by atoms with E-state index in [1.165, 1.54) is 0 Å². The van der Waals surface area contributed by atoms with Crippen LogP contribution in [0.5, 0.6) is 0 Å². The van der Waals surface area contributed by atoms with Crippen LogP contribution in [0.2, 0.25) is 0 Å². The van der Waals surface area contributed by atoms with Crippen molar-refractivity contribution in [1.29, 1.82) is 0 Å². The first-order chi connectivity index (χ1) is 24.5. The molecule has 52 heavy (non-hydrogen) atoms. The van der Waals surface area contributed by atoms with Crippen molar-refractivity contribution in [2.75, 3.05) is 24.3 Å². The van der Waals surface area contributed by atoms with Gasteiger partial charge in [-0.25, -0.2) is 4.99 Å². The SMILES string of the molecule is CCCCC(CC)C(=O)N=C1C=C2C(=C/C1=C1\C(=O)C(c3cc4c(cc3NC(=O)C(CC)CCCC)N(C)C(C)C4(C)C)=C1O)C(C)(C)C(C)N2C. The quantitative estimate of drug-likeness (QED) is 0.210. The lowest BCUT2D eigenvalue weighted by molar-refractivity contribution is -0.122. The smallest absolute Gasteiger partial charge is 0.249 e. The predicted molar refractivity (Wildman–Crippen MR) is 214 cm³/mol. The lowest BCUT2D eigenvalue weighted by Gasteiger charge is -2.30. The Morgan fingerprint density at radius 2 is 1.46 bits per heavy atom. The molecule has 8 heteroatoms. The second-order valence-corrected chi connectivity index (χ2v) is 16.7. The van der Waals surface area contributed by atoms with E-state index in [-0.39, 0.29) is 69.3 Å². The van der Waals surface area contributed by atoms with Gasteiger partial charge in [0.1, 0.15) is 5.76 Å². The minimum Gasteiger partial charge on any atom is -0.506 e. The van der Waals surface area contributed by atoms with Gasteiger partial charge in [-0.05, 0) is 75.0 Å². The predicted octanol–water partition coefficient (Wildman–Crippen LogP) is 9.47. The number of anilines is 2. The molecule has 0 spiro atoms. The third kappa shape index (κ3) is 6.49. The molecule has 0 saturated carbocycles. The van der Waals surface area contributed by atoms with Crippen LogP contribution in [-0.2, 0) is 19.8 Å². The van der Waals surface area contributed by atoms with Crippen LogP contribution in [0, 0.1) is 17.3 Å². The summed E-state index contributed by atoms with van der Waals surface area (Å²) in [7, 11) is 4.10. The number of unbranched alkanes of at least 4 members (excludes halogenated alkanes) is 2. The van der Waals surface area contributed by atoms with Crippen molar-refractivity contribution in [1.82, 2.24) is 4.90 Å². The van der Waals surface area contributed by atoms with Crippen molar-refractivity contribution in [2.24, 2.45) is 22.2 Å². The van der Waals surface area contributed by atoms with Crippen LogP contribution in [0.25, 0.3) is 5.57 Å². The van der Waals surface area contributed by atoms with Gasteiger partial charge >= 0.3 is 0 Å². The zero-order valence-electron chi connectivity index (χ0n) is 33.8. The van der Waals surface area contributed by atoms with E-state index in [1.54, 1.807) is 0 Å². The molecular weight excluding hydrogens is 649 g/mol. The molecule has 2 amide bonds. The van der Waals surface area contributed by atoms with Crippen LogP contribution >= 0.6 is 0 Å². The van der Waals surface area contributed by atoms with Crippen molar-refractivity contribution in [2.45, 2.75) is 138 Å². The molecule has 1 saturated heterocycles. The van der Waals surface area contributed by atoms with Gasteiger partial charge in [-0.1, -0.05) is 81.1 Å². The average molecular weight is 711 g/mol. The molecule has 8 nitrogen and oxygen atoms in total. The van der Waals surface area contributed by atoms with E-state index >= 15 is 0 Å². The fraction of sp³-hybridized carbons (Fsp3) is 0.591. The zero-order chi connectivity index (χ0) is 38.4. The molecule has 1 aromatic carbocycles. The standard InChI is InChI=1S/C44H62N4O4/c1-13-17-19-27(15-3)41(51)45-33-23-35-31(43(7,8)25(5)47(35)11)21-29(33)37-39(49)38(40(37)50)30-22-32-36(48(12)26(6)44(32,9)10)24-34(30)46-42(52)28(16-4)20-18-14-2/h21-28,49H,13-20H2,1-12H3,(H,45,51)/b38-30+,46-34?. The van der Waals surface area contributed by atoms with Gasteiger partial charge in [-0.15, -0.1) is 0 Å². The van der Waals surface area contributed by atoms with E-state index in [1.807, 2.05) is 45.2 Å². The Bertz CT molecular complexity index is 1810. The van der Waals surface area contributed by atoms with Crippen molar-refractivity contribution in [3.63, 3.8) is 0 Å². The van der Waals surface area contributed by atoms with E-state index in [4.69, 9.17) is 4.99 Å². The number of likely N-dealkylation sites (N-methyl/N-ethyl adjacent to an activating group) is 2. The number of aliphatic hydroxyl groups excluding tert-OH is 1. The molecule has 1 fully saturated rings. The second-order valence-electron chi connectivity index (χ2n) is 16.7. The number of benzene rings is 1. The largest absolute Gasteiger partial charge is 0.506 e. The van der Waals surface area contributed by atoms with Crippen LogP contribution in [0.15, 0.2) is 57.5 Å². The molecule has 5 rings (SSSR count). The highest BCUT2D eigenvalue weighted by Gasteiger charge is 2.48. The van der Waals surface area contributed by atoms with Crippen molar-refractivity contribution < 1.29 is 19.5 Å². The summed E-state index contributed by atoms with van der Waals surface area (Å²) in [6.45, 7) is 21.4. The maximum atomic E-state index is 14.6. The first-order valence-electron chi connectivity index (χ1n) is 19.7. The Kier molecular flexibility index (Phi) is 11.2. The zero-order valence-corrected chi connectivity index (χ0v) is 33.8. The number of allylic oxidation sites excluding steroid dienone is 6. The molecule has 2 aliphatic heterocycles. The minimum absolute atomic E-state index is 0.0755. The number of hydrogen-bond acceptors (Lipinski definition) is 6. The van der Waals surface area contributed by atoms with Crippen molar-refractivity contribution >= 4 is 40.3 Å². The highest BCUT2D eigenvalue weighted by molar-refractivity contribution is 6.42. The molecule has 4 atom stereocenters. The molecule has 2 heterocycles. The van der Waals surface area contributed by atoms with Crippen LogP contribution in [0.3, 0.4) is 0 Å².